The zero-order valence-corrected chi connectivity index (χ0v) is 21.6. The Kier molecular flexibility index (Phi) is 7.30. The minimum absolute atomic E-state index is 0. The maximum absolute atomic E-state index is 13.5. The monoisotopic (exact) mass is 585 g/mol. The number of aromatic hydroxyl groups is 1. The summed E-state index contributed by atoms with van der Waals surface area (Å²) in [6, 6.07) is 1.98. The number of fused-ring (bicyclic) bond motifs is 3. The molecule has 13 heteroatoms. The zero-order chi connectivity index (χ0) is 26.0. The molecule has 0 heterocycles. The third-order valence-electron chi connectivity index (χ3n) is 6.99. The van der Waals surface area contributed by atoms with Gasteiger partial charge in [-0.15, -0.1) is 12.4 Å². The van der Waals surface area contributed by atoms with Crippen molar-refractivity contribution in [3.8, 4) is 5.75 Å². The Morgan fingerprint density at radius 2 is 1.86 bits per heavy atom. The second-order valence-corrected chi connectivity index (χ2v) is 9.70. The Morgan fingerprint density at radius 3 is 2.42 bits per heavy atom. The molecule has 36 heavy (non-hydrogen) atoms. The Hall–Kier alpha value is -2.93. The van der Waals surface area contributed by atoms with Crippen molar-refractivity contribution >= 4 is 57.4 Å². The lowest BCUT2D eigenvalue weighted by molar-refractivity contribution is -0.148. The Bertz CT molecular complexity index is 1260. The Morgan fingerprint density at radius 1 is 1.22 bits per heavy atom. The van der Waals surface area contributed by atoms with Crippen LogP contribution in [0.15, 0.2) is 34.8 Å². The first kappa shape index (κ1) is 27.7. The van der Waals surface area contributed by atoms with E-state index in [1.54, 1.807) is 20.2 Å². The molecule has 0 saturated heterocycles. The highest BCUT2D eigenvalue weighted by atomic mass is 79.9. The topological polar surface area (TPSA) is 190 Å². The zero-order valence-electron chi connectivity index (χ0n) is 19.2. The lowest BCUT2D eigenvalue weighted by Crippen LogP contribution is -2.63. The van der Waals surface area contributed by atoms with Crippen LogP contribution in [0.4, 0.5) is 5.69 Å². The van der Waals surface area contributed by atoms with Gasteiger partial charge < -0.3 is 31.5 Å². The molecule has 7 N–H and O–H groups in total. The Balaban J connectivity index is 0.00000361. The molecule has 1 aromatic carbocycles. The van der Waals surface area contributed by atoms with E-state index in [4.69, 9.17) is 5.73 Å². The predicted molar refractivity (Wildman–Crippen MR) is 133 cm³/mol. The molecular formula is C23H25BrClN3O8. The second-order valence-electron chi connectivity index (χ2n) is 9.14. The van der Waals surface area contributed by atoms with Crippen LogP contribution in [-0.4, -0.2) is 79.8 Å². The lowest BCUT2D eigenvalue weighted by atomic mass is 9.58. The number of aliphatic hydroxyl groups is 3. The number of halogens is 2. The first-order chi connectivity index (χ1) is 16.4. The summed E-state index contributed by atoms with van der Waals surface area (Å²) in [5, 5.41) is 46.6. The quantitative estimate of drug-likeness (QED) is 0.169. The number of hydrogen-bond donors (Lipinski definition) is 6. The summed E-state index contributed by atoms with van der Waals surface area (Å²) >= 11 is 3.00. The van der Waals surface area contributed by atoms with E-state index in [1.165, 1.54) is 11.0 Å². The van der Waals surface area contributed by atoms with Gasteiger partial charge in [-0.3, -0.25) is 24.1 Å². The number of nitrogens with two attached hydrogens (primary N) is 1. The molecule has 0 bridgehead atoms. The van der Waals surface area contributed by atoms with Crippen molar-refractivity contribution in [1.29, 1.82) is 0 Å². The van der Waals surface area contributed by atoms with E-state index in [-0.39, 0.29) is 47.4 Å². The molecule has 3 aliphatic carbocycles. The summed E-state index contributed by atoms with van der Waals surface area (Å²) in [5.74, 6) is -7.66. The fourth-order valence-corrected chi connectivity index (χ4v) is 5.65. The molecule has 0 aromatic heterocycles. The van der Waals surface area contributed by atoms with Crippen LogP contribution in [0.5, 0.6) is 5.75 Å². The molecule has 1 aromatic rings. The van der Waals surface area contributed by atoms with Gasteiger partial charge in [0.2, 0.25) is 11.7 Å². The van der Waals surface area contributed by atoms with Crippen LogP contribution < -0.4 is 11.1 Å². The summed E-state index contributed by atoms with van der Waals surface area (Å²) in [7, 11) is 3.13. The number of likely N-dealkylation sites (N-methyl/N-ethyl adjacent to an activating group) is 1. The number of alkyl halides is 1. The number of hydrogen-bond acceptors (Lipinski definition) is 9. The number of benzene rings is 1. The number of phenols is 1. The molecule has 3 aliphatic rings. The highest BCUT2D eigenvalue weighted by molar-refractivity contribution is 9.09. The van der Waals surface area contributed by atoms with Crippen LogP contribution in [0.2, 0.25) is 0 Å². The lowest BCUT2D eigenvalue weighted by Gasteiger charge is -2.50. The van der Waals surface area contributed by atoms with Crippen molar-refractivity contribution in [3.63, 3.8) is 0 Å². The first-order valence-electron chi connectivity index (χ1n) is 10.7. The van der Waals surface area contributed by atoms with E-state index >= 15 is 0 Å². The number of aliphatic hydroxyl groups excluding tert-OH is 2. The van der Waals surface area contributed by atoms with Gasteiger partial charge in [-0.05, 0) is 44.5 Å². The first-order valence-corrected chi connectivity index (χ1v) is 11.8. The van der Waals surface area contributed by atoms with Crippen LogP contribution in [0.3, 0.4) is 0 Å². The fraction of sp³-hybridized carbons (Fsp3) is 0.391. The third-order valence-corrected chi connectivity index (χ3v) is 7.50. The van der Waals surface area contributed by atoms with Crippen LogP contribution >= 0.6 is 28.3 Å². The molecule has 11 nitrogen and oxygen atoms in total. The second kappa shape index (κ2) is 9.51. The van der Waals surface area contributed by atoms with Crippen LogP contribution in [-0.2, 0) is 20.8 Å². The molecule has 0 radical (unpaired) electrons. The van der Waals surface area contributed by atoms with E-state index in [0.29, 0.717) is 5.56 Å². The summed E-state index contributed by atoms with van der Waals surface area (Å²) in [5.41, 5.74) is 1.76. The van der Waals surface area contributed by atoms with Crippen molar-refractivity contribution in [2.45, 2.75) is 24.5 Å². The van der Waals surface area contributed by atoms with Crippen molar-refractivity contribution in [2.75, 3.05) is 24.7 Å². The molecule has 0 spiro atoms. The number of primary amides is 1. The third kappa shape index (κ3) is 3.79. The van der Waals surface area contributed by atoms with Crippen LogP contribution in [0.25, 0.3) is 0 Å². The molecule has 4 atom stereocenters. The smallest absolute Gasteiger partial charge is 0.255 e. The number of nitrogens with one attached hydrogen (secondary N) is 1. The summed E-state index contributed by atoms with van der Waals surface area (Å²) < 4.78 is 0. The van der Waals surface area contributed by atoms with Crippen LogP contribution in [0, 0.1) is 11.8 Å². The molecule has 0 saturated carbocycles. The molecule has 194 valence electrons. The van der Waals surface area contributed by atoms with Gasteiger partial charge in [-0.2, -0.15) is 0 Å². The highest BCUT2D eigenvalue weighted by Crippen LogP contribution is 2.52. The van der Waals surface area contributed by atoms with Gasteiger partial charge in [0.25, 0.3) is 5.91 Å². The molecular weight excluding hydrogens is 562 g/mol. The Labute approximate surface area is 220 Å². The number of anilines is 1. The number of nitrogens with zero attached hydrogens (tertiary/aromatic N) is 1. The SMILES string of the molecule is CN(C)[C@@H]1C(O)=C(C(N)=O)C(=O)C2(O)C(O)=C3C(=O)c4c(ccc(NC(=O)CBr)c4O)CC3CC12.Cl. The molecule has 0 aliphatic heterocycles. The number of carbonyl (C=O) groups excluding carboxylic acids is 4. The number of ketones is 2. The van der Waals surface area contributed by atoms with Gasteiger partial charge in [-0.1, -0.05) is 22.0 Å². The van der Waals surface area contributed by atoms with E-state index in [0.717, 1.165) is 0 Å². The van der Waals surface area contributed by atoms with Gasteiger partial charge in [-0.25, -0.2) is 0 Å². The normalized spacial score (nSPS) is 27.2. The van der Waals surface area contributed by atoms with Crippen LogP contribution in [0.1, 0.15) is 22.3 Å². The average molecular weight is 587 g/mol. The minimum Gasteiger partial charge on any atom is -0.510 e. The highest BCUT2D eigenvalue weighted by Gasteiger charge is 2.63. The van der Waals surface area contributed by atoms with E-state index in [2.05, 4.69) is 21.2 Å². The van der Waals surface area contributed by atoms with E-state index in [9.17, 15) is 39.6 Å². The van der Waals surface area contributed by atoms with Gasteiger partial charge in [0.1, 0.15) is 17.1 Å². The van der Waals surface area contributed by atoms with Crippen molar-refractivity contribution in [1.82, 2.24) is 4.90 Å². The van der Waals surface area contributed by atoms with Gasteiger partial charge in [0.15, 0.2) is 17.1 Å². The number of Topliss-reactive ketones (excluding diaryl/α,β-unsaturated/α-hetero) is 2. The number of carbonyl (C=O) groups is 4. The van der Waals surface area contributed by atoms with Crippen molar-refractivity contribution in [2.24, 2.45) is 17.6 Å². The minimum atomic E-state index is -2.69. The number of phenolic OH excluding ortho intramolecular Hbond substituents is 1. The largest absolute Gasteiger partial charge is 0.510 e. The molecule has 3 unspecified atom stereocenters. The molecule has 2 amide bonds. The maximum atomic E-state index is 13.5. The van der Waals surface area contributed by atoms with Gasteiger partial charge in [0, 0.05) is 11.5 Å². The summed E-state index contributed by atoms with van der Waals surface area (Å²) in [4.78, 5) is 52.0. The standard InChI is InChI=1S/C23H24BrN3O8.ClH/c1-27(2)16-10-6-9-5-8-3-4-11(26-12(28)7-24)17(29)13(8)18(30)14(9)20(32)23(10,35)21(33)15(19(16)31)22(25)34;/h3-4,9-10,16,29,31-32,35H,5-7H2,1-2H3,(H2,25,34)(H,26,28);1H/t9?,10?,16-,23?;/m0./s1. The van der Waals surface area contributed by atoms with Gasteiger partial charge in [0.05, 0.1) is 22.6 Å². The van der Waals surface area contributed by atoms with Crippen molar-refractivity contribution < 1.29 is 39.6 Å². The summed E-state index contributed by atoms with van der Waals surface area (Å²) in [6.07, 6.45) is 0.184. The number of amides is 2. The summed E-state index contributed by atoms with van der Waals surface area (Å²) in [6.45, 7) is 0. The van der Waals surface area contributed by atoms with E-state index < -0.39 is 69.7 Å². The average Bonchev–Trinajstić information content (AvgIpc) is 2.77. The molecule has 0 fully saturated rings. The van der Waals surface area contributed by atoms with E-state index in [1.807, 2.05) is 0 Å². The van der Waals surface area contributed by atoms with Gasteiger partial charge >= 0.3 is 0 Å². The fourth-order valence-electron chi connectivity index (χ4n) is 5.51. The molecule has 4 rings (SSSR count). The number of allylic oxidation sites excluding steroid dienone is 1. The predicted octanol–water partition coefficient (Wildman–Crippen LogP) is 0.876. The number of rotatable bonds is 4. The maximum Gasteiger partial charge on any atom is 0.255 e. The van der Waals surface area contributed by atoms with Crippen molar-refractivity contribution in [3.05, 3.63) is 45.9 Å².